The molecule has 1 N–H and O–H groups in total. The highest BCUT2D eigenvalue weighted by molar-refractivity contribution is 5.99. The van der Waals surface area contributed by atoms with Crippen LogP contribution >= 0.6 is 0 Å². The van der Waals surface area contributed by atoms with Crippen LogP contribution in [0.4, 0.5) is 15.8 Å². The topological polar surface area (TPSA) is 102 Å². The van der Waals surface area contributed by atoms with Crippen LogP contribution in [0.15, 0.2) is 42.5 Å². The minimum absolute atomic E-state index is 0.0853. The van der Waals surface area contributed by atoms with Crippen molar-refractivity contribution in [3.63, 3.8) is 0 Å². The second-order valence-corrected chi connectivity index (χ2v) is 5.36. The number of benzene rings is 2. The summed E-state index contributed by atoms with van der Waals surface area (Å²) in [6.45, 7) is -0.282. The number of hydrogen-bond acceptors (Lipinski definition) is 5. The van der Waals surface area contributed by atoms with Crippen molar-refractivity contribution >= 4 is 23.2 Å². The van der Waals surface area contributed by atoms with E-state index in [0.717, 1.165) is 23.1 Å². The van der Waals surface area contributed by atoms with E-state index in [9.17, 15) is 24.1 Å². The van der Waals surface area contributed by atoms with Crippen LogP contribution in [0.25, 0.3) is 0 Å². The van der Waals surface area contributed by atoms with Gasteiger partial charge in [-0.05, 0) is 36.4 Å². The van der Waals surface area contributed by atoms with Crippen molar-refractivity contribution in [2.75, 3.05) is 26.0 Å². The molecule has 8 nitrogen and oxygen atoms in total. The Kier molecular flexibility index (Phi) is 5.84. The van der Waals surface area contributed by atoms with Gasteiger partial charge in [0.15, 0.2) is 0 Å². The lowest BCUT2D eigenvalue weighted by Crippen LogP contribution is -2.35. The zero-order chi connectivity index (χ0) is 19.3. The van der Waals surface area contributed by atoms with E-state index < -0.39 is 28.2 Å². The Hall–Kier alpha value is -3.49. The van der Waals surface area contributed by atoms with E-state index in [0.29, 0.717) is 11.4 Å². The minimum atomic E-state index is -1.04. The number of amides is 2. The van der Waals surface area contributed by atoms with Crippen molar-refractivity contribution in [1.82, 2.24) is 4.90 Å². The third-order valence-corrected chi connectivity index (χ3v) is 3.49. The summed E-state index contributed by atoms with van der Waals surface area (Å²) in [6, 6.07) is 9.43. The smallest absolute Gasteiger partial charge is 0.305 e. The zero-order valence-electron chi connectivity index (χ0n) is 14.1. The molecular formula is C17H16FN3O5. The first-order valence-electron chi connectivity index (χ1n) is 7.45. The molecule has 0 saturated heterocycles. The quantitative estimate of drug-likeness (QED) is 0.629. The van der Waals surface area contributed by atoms with Gasteiger partial charge in [-0.2, -0.15) is 4.39 Å². The van der Waals surface area contributed by atoms with Crippen LogP contribution < -0.4 is 10.1 Å². The van der Waals surface area contributed by atoms with Crippen molar-refractivity contribution in [1.29, 1.82) is 0 Å². The van der Waals surface area contributed by atoms with Crippen molar-refractivity contribution < 1.29 is 23.6 Å². The third kappa shape index (κ3) is 4.53. The Morgan fingerprint density at radius 2 is 1.88 bits per heavy atom. The normalized spacial score (nSPS) is 10.1. The lowest BCUT2D eigenvalue weighted by molar-refractivity contribution is -0.387. The molecule has 0 heterocycles. The lowest BCUT2D eigenvalue weighted by atomic mass is 10.1. The summed E-state index contributed by atoms with van der Waals surface area (Å²) in [7, 11) is 2.89. The molecule has 9 heteroatoms. The molecule has 0 unspecified atom stereocenters. The second kappa shape index (κ2) is 8.06. The fraction of sp³-hybridized carbons (Fsp3) is 0.176. The Morgan fingerprint density at radius 1 is 1.23 bits per heavy atom. The fourth-order valence-electron chi connectivity index (χ4n) is 2.17. The first kappa shape index (κ1) is 18.8. The minimum Gasteiger partial charge on any atom is -0.497 e. The van der Waals surface area contributed by atoms with Gasteiger partial charge in [0.1, 0.15) is 5.75 Å². The summed E-state index contributed by atoms with van der Waals surface area (Å²) in [5.41, 5.74) is -0.362. The maximum absolute atomic E-state index is 13.4. The van der Waals surface area contributed by atoms with Gasteiger partial charge in [-0.1, -0.05) is 0 Å². The number of nitrogens with zero attached hydrogens (tertiary/aromatic N) is 2. The first-order chi connectivity index (χ1) is 12.3. The highest BCUT2D eigenvalue weighted by Gasteiger charge is 2.20. The monoisotopic (exact) mass is 361 g/mol. The highest BCUT2D eigenvalue weighted by Crippen LogP contribution is 2.19. The molecule has 0 fully saturated rings. The van der Waals surface area contributed by atoms with E-state index in [4.69, 9.17) is 4.74 Å². The molecule has 0 bridgehead atoms. The number of halogens is 1. The van der Waals surface area contributed by atoms with Gasteiger partial charge in [0.25, 0.3) is 5.91 Å². The summed E-state index contributed by atoms with van der Waals surface area (Å²) in [6.07, 6.45) is 0. The average Bonchev–Trinajstić information content (AvgIpc) is 2.61. The van der Waals surface area contributed by atoms with Gasteiger partial charge in [-0.25, -0.2) is 0 Å². The number of ether oxygens (including phenoxy) is 1. The lowest BCUT2D eigenvalue weighted by Gasteiger charge is -2.17. The zero-order valence-corrected chi connectivity index (χ0v) is 14.1. The molecule has 0 radical (unpaired) electrons. The van der Waals surface area contributed by atoms with Gasteiger partial charge < -0.3 is 15.0 Å². The predicted octanol–water partition coefficient (Wildman–Crippen LogP) is 2.45. The Bertz CT molecular complexity index is 839. The van der Waals surface area contributed by atoms with E-state index in [1.54, 1.807) is 24.3 Å². The van der Waals surface area contributed by atoms with Gasteiger partial charge in [-0.3, -0.25) is 19.7 Å². The van der Waals surface area contributed by atoms with Crippen LogP contribution in [0.5, 0.6) is 5.75 Å². The van der Waals surface area contributed by atoms with Crippen LogP contribution in [0.3, 0.4) is 0 Å². The molecule has 0 spiro atoms. The molecule has 0 aliphatic carbocycles. The molecular weight excluding hydrogens is 345 g/mol. The van der Waals surface area contributed by atoms with Gasteiger partial charge in [0, 0.05) is 24.4 Å². The number of anilines is 1. The van der Waals surface area contributed by atoms with Crippen molar-refractivity contribution in [2.24, 2.45) is 0 Å². The van der Waals surface area contributed by atoms with Gasteiger partial charge in [-0.15, -0.1) is 0 Å². The summed E-state index contributed by atoms with van der Waals surface area (Å²) in [5.74, 6) is -1.50. The SMILES string of the molecule is COc1ccc(NC(=O)CN(C)C(=O)c2ccc(F)c([N+](=O)[O-])c2)cc1. The fourth-order valence-corrected chi connectivity index (χ4v) is 2.17. The second-order valence-electron chi connectivity index (χ2n) is 5.36. The summed E-state index contributed by atoms with van der Waals surface area (Å²) in [4.78, 5) is 35.3. The number of carbonyl (C=O) groups excluding carboxylic acids is 2. The van der Waals surface area contributed by atoms with Crippen LogP contribution in [0.2, 0.25) is 0 Å². The van der Waals surface area contributed by atoms with Gasteiger partial charge in [0.2, 0.25) is 11.7 Å². The molecule has 0 saturated carbocycles. The standard InChI is InChI=1S/C17H16FN3O5/c1-20(10-16(22)19-12-4-6-13(26-2)7-5-12)17(23)11-3-8-14(18)15(9-11)21(24)25/h3-9H,10H2,1-2H3,(H,19,22). The molecule has 2 aromatic carbocycles. The first-order valence-corrected chi connectivity index (χ1v) is 7.45. The summed E-state index contributed by atoms with van der Waals surface area (Å²) in [5, 5.41) is 13.4. The third-order valence-electron chi connectivity index (χ3n) is 3.49. The molecule has 2 amide bonds. The Morgan fingerprint density at radius 3 is 2.46 bits per heavy atom. The molecule has 2 rings (SSSR count). The van der Waals surface area contributed by atoms with Crippen LogP contribution in [-0.4, -0.2) is 42.3 Å². The van der Waals surface area contributed by atoms with Crippen molar-refractivity contribution in [3.8, 4) is 5.75 Å². The largest absolute Gasteiger partial charge is 0.497 e. The number of nitrogens with one attached hydrogen (secondary N) is 1. The summed E-state index contributed by atoms with van der Waals surface area (Å²) >= 11 is 0. The van der Waals surface area contributed by atoms with Crippen LogP contribution in [0.1, 0.15) is 10.4 Å². The highest BCUT2D eigenvalue weighted by atomic mass is 19.1. The summed E-state index contributed by atoms with van der Waals surface area (Å²) < 4.78 is 18.4. The van der Waals surface area contributed by atoms with Crippen LogP contribution in [-0.2, 0) is 4.79 Å². The number of nitro groups is 1. The predicted molar refractivity (Wildman–Crippen MR) is 91.6 cm³/mol. The number of methoxy groups -OCH3 is 1. The van der Waals surface area contributed by atoms with E-state index in [2.05, 4.69) is 5.32 Å². The average molecular weight is 361 g/mol. The van der Waals surface area contributed by atoms with Gasteiger partial charge >= 0.3 is 5.69 Å². The number of hydrogen-bond donors (Lipinski definition) is 1. The molecule has 0 aliphatic rings. The molecule has 2 aromatic rings. The van der Waals surface area contributed by atoms with Crippen molar-refractivity contribution in [3.05, 3.63) is 64.0 Å². The maximum Gasteiger partial charge on any atom is 0.305 e. The van der Waals surface area contributed by atoms with Crippen molar-refractivity contribution in [2.45, 2.75) is 0 Å². The Balaban J connectivity index is 2.02. The number of rotatable bonds is 6. The molecule has 0 atom stereocenters. The Labute approximate surface area is 148 Å². The maximum atomic E-state index is 13.4. The van der Waals surface area contributed by atoms with Gasteiger partial charge in [0.05, 0.1) is 18.6 Å². The van der Waals surface area contributed by atoms with E-state index in [-0.39, 0.29) is 12.1 Å². The number of likely N-dealkylation sites (N-methyl/N-ethyl adjacent to an activating group) is 1. The molecule has 0 aromatic heterocycles. The number of nitro benzene ring substituents is 1. The van der Waals surface area contributed by atoms with Crippen LogP contribution in [0, 0.1) is 15.9 Å². The molecule has 136 valence electrons. The van der Waals surface area contributed by atoms with E-state index >= 15 is 0 Å². The molecule has 0 aliphatic heterocycles. The number of carbonyl (C=O) groups is 2. The van der Waals surface area contributed by atoms with E-state index in [1.807, 2.05) is 0 Å². The molecule has 26 heavy (non-hydrogen) atoms. The van der Waals surface area contributed by atoms with E-state index in [1.165, 1.54) is 14.2 Å².